The molecular weight excluding hydrogens is 259 g/mol. The van der Waals surface area contributed by atoms with Crippen molar-refractivity contribution in [2.45, 2.75) is 18.0 Å². The van der Waals surface area contributed by atoms with Crippen LogP contribution in [-0.2, 0) is 11.0 Å². The first kappa shape index (κ1) is 12.1. The van der Waals surface area contributed by atoms with E-state index >= 15 is 0 Å². The third kappa shape index (κ3) is 2.49. The molecule has 1 saturated heterocycles. The van der Waals surface area contributed by atoms with Crippen LogP contribution in [0, 0.1) is 0 Å². The van der Waals surface area contributed by atoms with Gasteiger partial charge >= 0.3 is 6.18 Å². The molecule has 1 aliphatic heterocycles. The molecule has 1 aromatic rings. The summed E-state index contributed by atoms with van der Waals surface area (Å²) in [6.45, 7) is 0.161. The summed E-state index contributed by atoms with van der Waals surface area (Å²) in [6, 6.07) is 0.743. The van der Waals surface area contributed by atoms with E-state index in [1.54, 1.807) is 0 Å². The minimum Gasteiger partial charge on any atom is -0.295 e. The number of anilines is 1. The second-order valence-corrected chi connectivity index (χ2v) is 4.18. The van der Waals surface area contributed by atoms with Gasteiger partial charge in [-0.1, -0.05) is 0 Å². The average molecular weight is 266 g/mol. The molecule has 1 atom stereocenters. The third-order valence-electron chi connectivity index (χ3n) is 2.30. The van der Waals surface area contributed by atoms with Gasteiger partial charge in [-0.15, -0.1) is 11.6 Å². The first-order valence-corrected chi connectivity index (χ1v) is 5.15. The quantitative estimate of drug-likeness (QED) is 0.728. The van der Waals surface area contributed by atoms with Crippen LogP contribution >= 0.6 is 11.6 Å². The minimum absolute atomic E-state index is 0.0690. The lowest BCUT2D eigenvalue weighted by Crippen LogP contribution is -2.26. The molecule has 92 valence electrons. The SMILES string of the molecule is O=C1CC(Cl)CN1c1cc(C(F)(F)F)ncn1. The lowest BCUT2D eigenvalue weighted by Gasteiger charge is -2.15. The predicted octanol–water partition coefficient (Wildman–Crippen LogP) is 1.84. The van der Waals surface area contributed by atoms with Gasteiger partial charge in [0.05, 0.1) is 5.38 Å². The first-order chi connectivity index (χ1) is 7.88. The van der Waals surface area contributed by atoms with Crippen molar-refractivity contribution in [2.75, 3.05) is 11.4 Å². The lowest BCUT2D eigenvalue weighted by atomic mass is 10.3. The fourth-order valence-electron chi connectivity index (χ4n) is 1.54. The van der Waals surface area contributed by atoms with Crippen LogP contribution in [0.2, 0.25) is 0 Å². The Morgan fingerprint density at radius 2 is 2.12 bits per heavy atom. The Balaban J connectivity index is 2.31. The van der Waals surface area contributed by atoms with Crippen LogP contribution in [0.5, 0.6) is 0 Å². The Morgan fingerprint density at radius 1 is 1.41 bits per heavy atom. The average Bonchev–Trinajstić information content (AvgIpc) is 2.57. The molecule has 0 N–H and O–H groups in total. The molecule has 2 rings (SSSR count). The fraction of sp³-hybridized carbons (Fsp3) is 0.444. The summed E-state index contributed by atoms with van der Waals surface area (Å²) < 4.78 is 37.2. The van der Waals surface area contributed by atoms with Crippen molar-refractivity contribution in [3.8, 4) is 0 Å². The minimum atomic E-state index is -4.55. The Kier molecular flexibility index (Phi) is 2.94. The second kappa shape index (κ2) is 4.14. The van der Waals surface area contributed by atoms with E-state index in [9.17, 15) is 18.0 Å². The second-order valence-electron chi connectivity index (χ2n) is 3.56. The molecule has 4 nitrogen and oxygen atoms in total. The van der Waals surface area contributed by atoms with Gasteiger partial charge in [0.15, 0.2) is 0 Å². The maximum atomic E-state index is 12.4. The summed E-state index contributed by atoms with van der Waals surface area (Å²) in [6.07, 6.45) is -3.67. The van der Waals surface area contributed by atoms with E-state index in [1.165, 1.54) is 0 Å². The number of carbonyl (C=O) groups is 1. The van der Waals surface area contributed by atoms with E-state index in [0.717, 1.165) is 17.3 Å². The van der Waals surface area contributed by atoms with Gasteiger partial charge < -0.3 is 0 Å². The number of hydrogen-bond donors (Lipinski definition) is 0. The van der Waals surface area contributed by atoms with Crippen molar-refractivity contribution < 1.29 is 18.0 Å². The Bertz CT molecular complexity index is 451. The van der Waals surface area contributed by atoms with Crippen LogP contribution in [0.4, 0.5) is 19.0 Å². The number of halogens is 4. The molecule has 0 aliphatic carbocycles. The van der Waals surface area contributed by atoms with E-state index in [0.29, 0.717) is 0 Å². The van der Waals surface area contributed by atoms with E-state index in [4.69, 9.17) is 11.6 Å². The molecule has 1 unspecified atom stereocenters. The zero-order chi connectivity index (χ0) is 12.6. The van der Waals surface area contributed by atoms with Crippen molar-refractivity contribution >= 4 is 23.3 Å². The van der Waals surface area contributed by atoms with Crippen molar-refractivity contribution in [1.29, 1.82) is 0 Å². The molecule has 1 aromatic heterocycles. The highest BCUT2D eigenvalue weighted by Gasteiger charge is 2.35. The Labute approximate surface area is 99.4 Å². The van der Waals surface area contributed by atoms with Crippen LogP contribution < -0.4 is 4.90 Å². The molecular formula is C9H7ClF3N3O. The first-order valence-electron chi connectivity index (χ1n) is 4.71. The molecule has 0 saturated carbocycles. The van der Waals surface area contributed by atoms with Gasteiger partial charge in [-0.25, -0.2) is 9.97 Å². The molecule has 0 radical (unpaired) electrons. The lowest BCUT2D eigenvalue weighted by molar-refractivity contribution is -0.141. The number of alkyl halides is 4. The molecule has 0 aromatic carbocycles. The summed E-state index contributed by atoms with van der Waals surface area (Å²) >= 11 is 5.75. The van der Waals surface area contributed by atoms with Gasteiger partial charge in [0.2, 0.25) is 5.91 Å². The molecule has 1 aliphatic rings. The summed E-state index contributed by atoms with van der Waals surface area (Å²) in [5.41, 5.74) is -1.08. The zero-order valence-corrected chi connectivity index (χ0v) is 9.16. The number of aromatic nitrogens is 2. The van der Waals surface area contributed by atoms with Crippen LogP contribution in [-0.4, -0.2) is 27.8 Å². The monoisotopic (exact) mass is 265 g/mol. The molecule has 0 spiro atoms. The van der Waals surface area contributed by atoms with Gasteiger partial charge in [-0.05, 0) is 0 Å². The summed E-state index contributed by atoms with van der Waals surface area (Å²) in [7, 11) is 0. The molecule has 17 heavy (non-hydrogen) atoms. The maximum Gasteiger partial charge on any atom is 0.433 e. The number of hydrogen-bond acceptors (Lipinski definition) is 3. The number of carbonyl (C=O) groups excluding carboxylic acids is 1. The molecule has 1 amide bonds. The smallest absolute Gasteiger partial charge is 0.295 e. The third-order valence-corrected chi connectivity index (χ3v) is 2.59. The normalized spacial score (nSPS) is 21.1. The van der Waals surface area contributed by atoms with Gasteiger partial charge in [0, 0.05) is 19.0 Å². The van der Waals surface area contributed by atoms with E-state index in [1.807, 2.05) is 0 Å². The fourth-order valence-corrected chi connectivity index (χ4v) is 1.81. The Morgan fingerprint density at radius 3 is 2.65 bits per heavy atom. The number of nitrogens with zero attached hydrogens (tertiary/aromatic N) is 3. The molecule has 2 heterocycles. The van der Waals surface area contributed by atoms with E-state index < -0.39 is 17.2 Å². The van der Waals surface area contributed by atoms with Gasteiger partial charge in [-0.2, -0.15) is 13.2 Å². The number of amides is 1. The molecule has 1 fully saturated rings. The summed E-state index contributed by atoms with van der Waals surface area (Å²) in [4.78, 5) is 19.4. The van der Waals surface area contributed by atoms with Crippen LogP contribution in [0.25, 0.3) is 0 Å². The van der Waals surface area contributed by atoms with Gasteiger partial charge in [0.25, 0.3) is 0 Å². The largest absolute Gasteiger partial charge is 0.433 e. The highest BCUT2D eigenvalue weighted by Crippen LogP contribution is 2.30. The van der Waals surface area contributed by atoms with Crippen molar-refractivity contribution in [2.24, 2.45) is 0 Å². The van der Waals surface area contributed by atoms with Crippen LogP contribution in [0.1, 0.15) is 12.1 Å². The summed E-state index contributed by atoms with van der Waals surface area (Å²) in [5, 5.41) is -0.396. The predicted molar refractivity (Wildman–Crippen MR) is 53.6 cm³/mol. The van der Waals surface area contributed by atoms with Crippen LogP contribution in [0.15, 0.2) is 12.4 Å². The standard InChI is InChI=1S/C9H7ClF3N3O/c10-5-1-8(17)16(3-5)7-2-6(9(11,12)13)14-4-15-7/h2,4-5H,1,3H2. The van der Waals surface area contributed by atoms with Crippen molar-refractivity contribution in [3.63, 3.8) is 0 Å². The van der Waals surface area contributed by atoms with Gasteiger partial charge in [0.1, 0.15) is 17.8 Å². The summed E-state index contributed by atoms with van der Waals surface area (Å²) in [5.74, 6) is -0.405. The maximum absolute atomic E-state index is 12.4. The van der Waals surface area contributed by atoms with E-state index in [-0.39, 0.29) is 24.7 Å². The van der Waals surface area contributed by atoms with Crippen molar-refractivity contribution in [3.05, 3.63) is 18.1 Å². The topological polar surface area (TPSA) is 46.1 Å². The Hall–Kier alpha value is -1.37. The number of rotatable bonds is 1. The molecule has 8 heteroatoms. The highest BCUT2D eigenvalue weighted by atomic mass is 35.5. The zero-order valence-electron chi connectivity index (χ0n) is 8.41. The van der Waals surface area contributed by atoms with Gasteiger partial charge in [-0.3, -0.25) is 9.69 Å². The van der Waals surface area contributed by atoms with Crippen molar-refractivity contribution in [1.82, 2.24) is 9.97 Å². The highest BCUT2D eigenvalue weighted by molar-refractivity contribution is 6.24. The van der Waals surface area contributed by atoms with E-state index in [2.05, 4.69) is 9.97 Å². The molecule has 0 bridgehead atoms. The van der Waals surface area contributed by atoms with Crippen LogP contribution in [0.3, 0.4) is 0 Å².